The number of imide groups is 1. The summed E-state index contributed by atoms with van der Waals surface area (Å²) in [5.74, 6) is -0.597. The Bertz CT molecular complexity index is 324. The van der Waals surface area contributed by atoms with E-state index in [1.54, 1.807) is 0 Å². The number of rotatable bonds is 3. The summed E-state index contributed by atoms with van der Waals surface area (Å²) < 4.78 is 0. The van der Waals surface area contributed by atoms with Crippen molar-refractivity contribution in [1.82, 2.24) is 10.6 Å². The van der Waals surface area contributed by atoms with Gasteiger partial charge in [-0.3, -0.25) is 10.1 Å². The van der Waals surface area contributed by atoms with E-state index in [0.29, 0.717) is 0 Å². The van der Waals surface area contributed by atoms with Gasteiger partial charge in [-0.2, -0.15) is 0 Å². The molecular weight excluding hydrogens is 186 g/mol. The standard InChI is InChI=1S/C7H11N5O2/c8-2-1-4(10)7(3-9)5(13)11-6(14)12-7/h1-2,8H,3,9-10H2,(H2,11,12,13,14)/b4-1-,8-2?. The lowest BCUT2D eigenvalue weighted by atomic mass is 9.95. The van der Waals surface area contributed by atoms with Crippen LogP contribution in [0.1, 0.15) is 0 Å². The van der Waals surface area contributed by atoms with Crippen LogP contribution in [0.2, 0.25) is 0 Å². The predicted molar refractivity (Wildman–Crippen MR) is 49.5 cm³/mol. The summed E-state index contributed by atoms with van der Waals surface area (Å²) in [5, 5.41) is 11.2. The van der Waals surface area contributed by atoms with Gasteiger partial charge in [-0.15, -0.1) is 0 Å². The van der Waals surface area contributed by atoms with Gasteiger partial charge in [0, 0.05) is 18.5 Å². The van der Waals surface area contributed by atoms with E-state index in [4.69, 9.17) is 16.9 Å². The van der Waals surface area contributed by atoms with E-state index >= 15 is 0 Å². The number of hydrogen-bond acceptors (Lipinski definition) is 5. The van der Waals surface area contributed by atoms with Gasteiger partial charge in [0.25, 0.3) is 5.91 Å². The van der Waals surface area contributed by atoms with Crippen molar-refractivity contribution in [2.45, 2.75) is 5.54 Å². The van der Waals surface area contributed by atoms with E-state index in [9.17, 15) is 9.59 Å². The molecule has 1 aliphatic heterocycles. The monoisotopic (exact) mass is 197 g/mol. The fourth-order valence-corrected chi connectivity index (χ4v) is 1.19. The minimum Gasteiger partial charge on any atom is -0.400 e. The van der Waals surface area contributed by atoms with Crippen LogP contribution in [0, 0.1) is 5.41 Å². The maximum atomic E-state index is 11.4. The highest BCUT2D eigenvalue weighted by Crippen LogP contribution is 2.15. The molecule has 0 aromatic carbocycles. The zero-order valence-corrected chi connectivity index (χ0v) is 7.33. The molecule has 3 amide bonds. The van der Waals surface area contributed by atoms with Crippen molar-refractivity contribution in [2.75, 3.05) is 6.54 Å². The molecule has 1 aliphatic rings. The van der Waals surface area contributed by atoms with Crippen LogP contribution in [0.15, 0.2) is 11.8 Å². The van der Waals surface area contributed by atoms with E-state index in [0.717, 1.165) is 6.21 Å². The van der Waals surface area contributed by atoms with Crippen LogP contribution in [0.5, 0.6) is 0 Å². The average molecular weight is 197 g/mol. The molecule has 1 atom stereocenters. The van der Waals surface area contributed by atoms with E-state index < -0.39 is 17.5 Å². The van der Waals surface area contributed by atoms with Crippen LogP contribution < -0.4 is 22.1 Å². The van der Waals surface area contributed by atoms with Crippen LogP contribution in [0.3, 0.4) is 0 Å². The number of allylic oxidation sites excluding steroid dienone is 1. The molecule has 1 rings (SSSR count). The van der Waals surface area contributed by atoms with Crippen molar-refractivity contribution in [2.24, 2.45) is 11.5 Å². The summed E-state index contributed by atoms with van der Waals surface area (Å²) in [7, 11) is 0. The van der Waals surface area contributed by atoms with Crippen molar-refractivity contribution in [3.05, 3.63) is 11.8 Å². The SMILES string of the molecule is N=C/C=C(\N)C1(CN)NC(=O)NC1=O. The molecule has 0 aromatic rings. The second kappa shape index (κ2) is 3.46. The largest absolute Gasteiger partial charge is 0.400 e. The first-order chi connectivity index (χ1) is 6.56. The molecular formula is C7H11N5O2. The number of nitrogens with two attached hydrogens (primary N) is 2. The van der Waals surface area contributed by atoms with Crippen molar-refractivity contribution >= 4 is 18.2 Å². The Kier molecular flexibility index (Phi) is 2.52. The molecule has 0 aromatic heterocycles. The van der Waals surface area contributed by atoms with Gasteiger partial charge in [-0.25, -0.2) is 4.79 Å². The minimum absolute atomic E-state index is 0.0401. The van der Waals surface area contributed by atoms with Crippen molar-refractivity contribution in [3.8, 4) is 0 Å². The molecule has 1 saturated heterocycles. The van der Waals surface area contributed by atoms with Crippen molar-refractivity contribution in [1.29, 1.82) is 5.41 Å². The zero-order chi connectivity index (χ0) is 10.8. The van der Waals surface area contributed by atoms with Crippen molar-refractivity contribution < 1.29 is 9.59 Å². The lowest BCUT2D eigenvalue weighted by molar-refractivity contribution is -0.122. The van der Waals surface area contributed by atoms with Crippen LogP contribution in [-0.4, -0.2) is 30.2 Å². The second-order valence-corrected chi connectivity index (χ2v) is 2.81. The molecule has 7 N–H and O–H groups in total. The first-order valence-corrected chi connectivity index (χ1v) is 3.87. The minimum atomic E-state index is -1.41. The zero-order valence-electron chi connectivity index (χ0n) is 7.33. The number of urea groups is 1. The smallest absolute Gasteiger partial charge is 0.322 e. The summed E-state index contributed by atoms with van der Waals surface area (Å²) >= 11 is 0. The predicted octanol–water partition coefficient (Wildman–Crippen LogP) is -1.98. The molecule has 0 bridgehead atoms. The van der Waals surface area contributed by atoms with Crippen LogP contribution in [0.25, 0.3) is 0 Å². The van der Waals surface area contributed by atoms with Crippen LogP contribution in [-0.2, 0) is 4.79 Å². The molecule has 1 unspecified atom stereocenters. The van der Waals surface area contributed by atoms with Crippen molar-refractivity contribution in [3.63, 3.8) is 0 Å². The van der Waals surface area contributed by atoms with Gasteiger partial charge < -0.3 is 22.2 Å². The molecule has 0 aliphatic carbocycles. The normalized spacial score (nSPS) is 27.1. The van der Waals surface area contributed by atoms with Crippen LogP contribution >= 0.6 is 0 Å². The number of nitrogens with one attached hydrogen (secondary N) is 3. The fraction of sp³-hybridized carbons (Fsp3) is 0.286. The van der Waals surface area contributed by atoms with Gasteiger partial charge in [0.2, 0.25) is 0 Å². The lowest BCUT2D eigenvalue weighted by Crippen LogP contribution is -2.56. The van der Waals surface area contributed by atoms with Gasteiger partial charge in [0.15, 0.2) is 5.54 Å². The summed E-state index contributed by atoms with van der Waals surface area (Å²) in [6, 6.07) is -0.637. The Morgan fingerprint density at radius 2 is 2.21 bits per heavy atom. The molecule has 1 heterocycles. The van der Waals surface area contributed by atoms with E-state index in [1.807, 2.05) is 5.32 Å². The summed E-state index contributed by atoms with van der Waals surface area (Å²) in [6.45, 7) is -0.152. The quantitative estimate of drug-likeness (QED) is 0.264. The van der Waals surface area contributed by atoms with Gasteiger partial charge in [-0.05, 0) is 6.08 Å². The molecule has 1 fully saturated rings. The summed E-state index contributed by atoms with van der Waals surface area (Å²) in [4.78, 5) is 22.3. The Morgan fingerprint density at radius 1 is 1.57 bits per heavy atom. The number of amides is 3. The molecule has 7 nitrogen and oxygen atoms in total. The average Bonchev–Trinajstić information content (AvgIpc) is 2.42. The summed E-state index contributed by atoms with van der Waals surface area (Å²) in [5.41, 5.74) is 9.56. The second-order valence-electron chi connectivity index (χ2n) is 2.81. The Morgan fingerprint density at radius 3 is 2.57 bits per heavy atom. The summed E-state index contributed by atoms with van der Waals surface area (Å²) in [6.07, 6.45) is 2.13. The molecule has 0 radical (unpaired) electrons. The Hall–Kier alpha value is -1.89. The first kappa shape index (κ1) is 10.2. The molecule has 7 heteroatoms. The molecule has 14 heavy (non-hydrogen) atoms. The van der Waals surface area contributed by atoms with Gasteiger partial charge >= 0.3 is 6.03 Å². The third kappa shape index (κ3) is 1.33. The lowest BCUT2D eigenvalue weighted by Gasteiger charge is -2.23. The topological polar surface area (TPSA) is 134 Å². The number of carbonyl (C=O) groups is 2. The third-order valence-electron chi connectivity index (χ3n) is 2.00. The number of carbonyl (C=O) groups excluding carboxylic acids is 2. The van der Waals surface area contributed by atoms with Crippen LogP contribution in [0.4, 0.5) is 4.79 Å². The first-order valence-electron chi connectivity index (χ1n) is 3.87. The van der Waals surface area contributed by atoms with Gasteiger partial charge in [0.05, 0.1) is 0 Å². The van der Waals surface area contributed by atoms with Gasteiger partial charge in [-0.1, -0.05) is 0 Å². The van der Waals surface area contributed by atoms with Gasteiger partial charge in [0.1, 0.15) is 0 Å². The van der Waals surface area contributed by atoms with E-state index in [2.05, 4.69) is 5.32 Å². The fourth-order valence-electron chi connectivity index (χ4n) is 1.19. The highest BCUT2D eigenvalue weighted by atomic mass is 16.2. The molecule has 0 spiro atoms. The highest BCUT2D eigenvalue weighted by Gasteiger charge is 2.47. The Balaban J connectivity index is 3.09. The highest BCUT2D eigenvalue weighted by molar-refractivity contribution is 6.09. The Labute approximate surface area is 80.0 Å². The number of hydrogen-bond donors (Lipinski definition) is 5. The third-order valence-corrected chi connectivity index (χ3v) is 2.00. The van der Waals surface area contributed by atoms with E-state index in [1.165, 1.54) is 6.08 Å². The maximum Gasteiger partial charge on any atom is 0.322 e. The molecule has 76 valence electrons. The maximum absolute atomic E-state index is 11.4. The van der Waals surface area contributed by atoms with E-state index in [-0.39, 0.29) is 12.2 Å². The molecule has 0 saturated carbocycles.